The number of carbonyl (C=O) groups is 1. The highest BCUT2D eigenvalue weighted by molar-refractivity contribution is 5.95. The smallest absolute Gasteiger partial charge is 0.335 e. The van der Waals surface area contributed by atoms with E-state index in [0.717, 1.165) is 22.3 Å². The van der Waals surface area contributed by atoms with Gasteiger partial charge in [0.1, 0.15) is 6.61 Å². The van der Waals surface area contributed by atoms with Crippen LogP contribution in [0.15, 0.2) is 35.4 Å². The Morgan fingerprint density at radius 1 is 1.00 bits per heavy atom. The van der Waals surface area contributed by atoms with Gasteiger partial charge in [-0.15, -0.1) is 0 Å². The van der Waals surface area contributed by atoms with Crippen LogP contribution in [0.3, 0.4) is 0 Å². The minimum Gasteiger partial charge on any atom is -0.502 e. The monoisotopic (exact) mass is 382 g/mol. The lowest BCUT2D eigenvalue weighted by atomic mass is 9.75. The summed E-state index contributed by atoms with van der Waals surface area (Å²) in [4.78, 5) is 12.6. The van der Waals surface area contributed by atoms with Crippen molar-refractivity contribution in [2.45, 2.75) is 12.3 Å². The number of benzene rings is 2. The molecule has 0 aromatic heterocycles. The van der Waals surface area contributed by atoms with E-state index in [1.54, 1.807) is 12.1 Å². The fourth-order valence-corrected chi connectivity index (χ4v) is 4.15. The van der Waals surface area contributed by atoms with Crippen molar-refractivity contribution in [3.63, 3.8) is 0 Å². The molecule has 1 atom stereocenters. The molecule has 1 unspecified atom stereocenters. The van der Waals surface area contributed by atoms with Crippen LogP contribution < -0.4 is 18.9 Å². The number of esters is 1. The number of aromatic hydroxyl groups is 1. The summed E-state index contributed by atoms with van der Waals surface area (Å²) in [7, 11) is 2.94. The number of cyclic esters (lactones) is 1. The van der Waals surface area contributed by atoms with Crippen LogP contribution >= 0.6 is 0 Å². The van der Waals surface area contributed by atoms with Crippen molar-refractivity contribution in [3.05, 3.63) is 52.1 Å². The summed E-state index contributed by atoms with van der Waals surface area (Å²) in [6.07, 6.45) is 0.621. The summed E-state index contributed by atoms with van der Waals surface area (Å²) < 4.78 is 27.0. The first kappa shape index (κ1) is 16.8. The van der Waals surface area contributed by atoms with Gasteiger partial charge in [-0.3, -0.25) is 0 Å². The number of carbonyl (C=O) groups excluding carboxylic acids is 1. The lowest BCUT2D eigenvalue weighted by Gasteiger charge is -2.27. The van der Waals surface area contributed by atoms with E-state index in [1.807, 2.05) is 12.1 Å². The van der Waals surface area contributed by atoms with Crippen LogP contribution in [0.4, 0.5) is 0 Å². The van der Waals surface area contributed by atoms with E-state index in [9.17, 15) is 9.90 Å². The van der Waals surface area contributed by atoms with Gasteiger partial charge < -0.3 is 28.8 Å². The fourth-order valence-electron chi connectivity index (χ4n) is 4.15. The van der Waals surface area contributed by atoms with Crippen LogP contribution in [0.2, 0.25) is 0 Å². The summed E-state index contributed by atoms with van der Waals surface area (Å²) in [5.74, 6) is 1.11. The highest BCUT2D eigenvalue weighted by Gasteiger charge is 2.39. The third-order valence-electron chi connectivity index (χ3n) is 5.45. The predicted octanol–water partition coefficient (Wildman–Crippen LogP) is 2.68. The molecule has 0 saturated carbocycles. The van der Waals surface area contributed by atoms with Crippen LogP contribution in [0.5, 0.6) is 28.7 Å². The van der Waals surface area contributed by atoms with E-state index in [4.69, 9.17) is 23.7 Å². The first-order chi connectivity index (χ1) is 13.6. The molecule has 7 nitrogen and oxygen atoms in total. The van der Waals surface area contributed by atoms with Crippen LogP contribution in [-0.2, 0) is 16.0 Å². The summed E-state index contributed by atoms with van der Waals surface area (Å²) in [5, 5.41) is 10.3. The average molecular weight is 382 g/mol. The average Bonchev–Trinajstić information content (AvgIpc) is 3.31. The Morgan fingerprint density at radius 3 is 2.36 bits per heavy atom. The van der Waals surface area contributed by atoms with Gasteiger partial charge in [0, 0.05) is 5.92 Å². The van der Waals surface area contributed by atoms with E-state index < -0.39 is 0 Å². The number of fused-ring (bicyclic) bond motifs is 2. The maximum absolute atomic E-state index is 12.6. The van der Waals surface area contributed by atoms with Crippen molar-refractivity contribution in [1.82, 2.24) is 0 Å². The van der Waals surface area contributed by atoms with Gasteiger partial charge in [0.25, 0.3) is 0 Å². The van der Waals surface area contributed by atoms with Crippen LogP contribution in [-0.4, -0.2) is 38.7 Å². The number of phenolic OH excluding ortho intramolecular Hbond substituents is 1. The Bertz CT molecular complexity index is 1010. The van der Waals surface area contributed by atoms with E-state index in [1.165, 1.54) is 14.2 Å². The quantitative estimate of drug-likeness (QED) is 0.817. The van der Waals surface area contributed by atoms with Gasteiger partial charge in [-0.05, 0) is 52.9 Å². The van der Waals surface area contributed by atoms with Crippen molar-refractivity contribution in [3.8, 4) is 28.7 Å². The molecule has 144 valence electrons. The van der Waals surface area contributed by atoms with Gasteiger partial charge in [0.15, 0.2) is 23.0 Å². The fraction of sp³-hybridized carbons (Fsp3) is 0.286. The minimum atomic E-state index is -0.383. The van der Waals surface area contributed by atoms with E-state index in [-0.39, 0.29) is 42.5 Å². The van der Waals surface area contributed by atoms with Crippen molar-refractivity contribution >= 4 is 5.97 Å². The normalized spacial score (nSPS) is 19.2. The molecule has 2 aromatic rings. The summed E-state index contributed by atoms with van der Waals surface area (Å²) in [6, 6.07) is 7.33. The number of methoxy groups -OCH3 is 2. The van der Waals surface area contributed by atoms with Gasteiger partial charge in [0.2, 0.25) is 12.5 Å². The van der Waals surface area contributed by atoms with Crippen LogP contribution in [0.1, 0.15) is 22.6 Å². The lowest BCUT2D eigenvalue weighted by Crippen LogP contribution is -2.18. The molecule has 2 aliphatic heterocycles. The summed E-state index contributed by atoms with van der Waals surface area (Å²) in [5.41, 5.74) is 4.33. The zero-order valence-electron chi connectivity index (χ0n) is 15.4. The Kier molecular flexibility index (Phi) is 3.65. The number of rotatable bonds is 3. The molecule has 0 fully saturated rings. The molecular weight excluding hydrogens is 364 g/mol. The molecule has 0 saturated heterocycles. The van der Waals surface area contributed by atoms with E-state index in [2.05, 4.69) is 0 Å². The first-order valence-corrected chi connectivity index (χ1v) is 8.87. The van der Waals surface area contributed by atoms with E-state index >= 15 is 0 Å². The maximum Gasteiger partial charge on any atom is 0.335 e. The second-order valence-corrected chi connectivity index (χ2v) is 6.88. The Morgan fingerprint density at radius 2 is 1.68 bits per heavy atom. The van der Waals surface area contributed by atoms with Gasteiger partial charge in [-0.25, -0.2) is 4.79 Å². The summed E-state index contributed by atoms with van der Waals surface area (Å²) >= 11 is 0. The van der Waals surface area contributed by atoms with Crippen molar-refractivity contribution < 1.29 is 33.6 Å². The van der Waals surface area contributed by atoms with Gasteiger partial charge >= 0.3 is 5.97 Å². The topological polar surface area (TPSA) is 83.5 Å². The standard InChI is InChI=1S/C21H18O7/c1-24-16-5-11(6-17(25-2)20(16)22)18-13-7-15-14(27-9-28-15)4-10(13)3-12-8-26-21(23)19(12)18/h4-7,18,22H,3,8-9H2,1-2H3. The van der Waals surface area contributed by atoms with Crippen LogP contribution in [0.25, 0.3) is 0 Å². The SMILES string of the molecule is COc1cc(C2C3=C(COC3=O)Cc3cc4c(cc32)OCO4)cc(OC)c1O. The molecule has 28 heavy (non-hydrogen) atoms. The highest BCUT2D eigenvalue weighted by atomic mass is 16.7. The Labute approximate surface area is 161 Å². The molecule has 0 bridgehead atoms. The lowest BCUT2D eigenvalue weighted by molar-refractivity contribution is -0.136. The summed E-state index contributed by atoms with van der Waals surface area (Å²) in [6.45, 7) is 0.462. The highest BCUT2D eigenvalue weighted by Crippen LogP contribution is 2.50. The number of hydrogen-bond acceptors (Lipinski definition) is 7. The molecule has 7 heteroatoms. The second-order valence-electron chi connectivity index (χ2n) is 6.88. The zero-order valence-corrected chi connectivity index (χ0v) is 15.4. The third kappa shape index (κ3) is 2.32. The Balaban J connectivity index is 1.75. The van der Waals surface area contributed by atoms with Crippen molar-refractivity contribution in [2.24, 2.45) is 0 Å². The van der Waals surface area contributed by atoms with Gasteiger partial charge in [-0.1, -0.05) is 0 Å². The second kappa shape index (κ2) is 6.09. The number of hydrogen-bond donors (Lipinski definition) is 1. The molecule has 0 radical (unpaired) electrons. The number of phenols is 1. The molecule has 2 aromatic carbocycles. The van der Waals surface area contributed by atoms with E-state index in [0.29, 0.717) is 23.5 Å². The van der Waals surface area contributed by atoms with Crippen LogP contribution in [0, 0.1) is 0 Å². The number of ether oxygens (including phenoxy) is 5. The van der Waals surface area contributed by atoms with Gasteiger partial charge in [-0.2, -0.15) is 0 Å². The molecular formula is C21H18O7. The van der Waals surface area contributed by atoms with Crippen molar-refractivity contribution in [2.75, 3.05) is 27.6 Å². The predicted molar refractivity (Wildman–Crippen MR) is 97.3 cm³/mol. The largest absolute Gasteiger partial charge is 0.502 e. The van der Waals surface area contributed by atoms with Gasteiger partial charge in [0.05, 0.1) is 19.8 Å². The third-order valence-corrected chi connectivity index (χ3v) is 5.45. The molecule has 0 amide bonds. The molecule has 1 N–H and O–H groups in total. The molecule has 3 aliphatic rings. The minimum absolute atomic E-state index is 0.0846. The Hall–Kier alpha value is -3.35. The van der Waals surface area contributed by atoms with Crippen molar-refractivity contribution in [1.29, 1.82) is 0 Å². The zero-order chi connectivity index (χ0) is 19.4. The molecule has 5 rings (SSSR count). The first-order valence-electron chi connectivity index (χ1n) is 8.87. The molecule has 2 heterocycles. The molecule has 1 aliphatic carbocycles. The molecule has 0 spiro atoms. The maximum atomic E-state index is 12.6.